The van der Waals surface area contributed by atoms with Crippen LogP contribution in [-0.4, -0.2) is 22.6 Å². The number of ketones is 1. The second-order valence-electron chi connectivity index (χ2n) is 5.79. The summed E-state index contributed by atoms with van der Waals surface area (Å²) >= 11 is 7.12. The third-order valence-electron chi connectivity index (χ3n) is 4.05. The first-order chi connectivity index (χ1) is 11.5. The molecule has 1 aromatic carbocycles. The van der Waals surface area contributed by atoms with Crippen molar-refractivity contribution in [1.82, 2.24) is 4.90 Å². The van der Waals surface area contributed by atoms with Crippen LogP contribution in [0.3, 0.4) is 0 Å². The second-order valence-corrected chi connectivity index (χ2v) is 7.51. The largest absolute Gasteiger partial charge is 0.336 e. The summed E-state index contributed by atoms with van der Waals surface area (Å²) in [6.07, 6.45) is 1.33. The van der Waals surface area contributed by atoms with E-state index in [4.69, 9.17) is 11.6 Å². The first-order valence-corrected chi connectivity index (χ1v) is 9.32. The lowest BCUT2D eigenvalue weighted by molar-refractivity contribution is -0.133. The molecule has 0 aliphatic rings. The SMILES string of the molecule is CCC(C)N(Cc1ccccc1)C(=O)CCC(=O)c1ccc(Cl)s1. The van der Waals surface area contributed by atoms with Crippen LogP contribution < -0.4 is 0 Å². The molecule has 0 N–H and O–H groups in total. The Kier molecular flexibility index (Phi) is 7.00. The lowest BCUT2D eigenvalue weighted by Gasteiger charge is -2.29. The van der Waals surface area contributed by atoms with Gasteiger partial charge in [0, 0.05) is 25.4 Å². The molecule has 0 radical (unpaired) electrons. The number of thiophene rings is 1. The highest BCUT2D eigenvalue weighted by atomic mass is 35.5. The predicted octanol–water partition coefficient (Wildman–Crippen LogP) is 5.19. The summed E-state index contributed by atoms with van der Waals surface area (Å²) in [5.74, 6) is -0.00623. The van der Waals surface area contributed by atoms with Gasteiger partial charge in [0.05, 0.1) is 9.21 Å². The van der Waals surface area contributed by atoms with Crippen molar-refractivity contribution in [1.29, 1.82) is 0 Å². The van der Waals surface area contributed by atoms with E-state index >= 15 is 0 Å². The molecule has 24 heavy (non-hydrogen) atoms. The molecule has 0 aliphatic heterocycles. The monoisotopic (exact) mass is 363 g/mol. The third kappa shape index (κ3) is 5.18. The Bertz CT molecular complexity index is 684. The lowest BCUT2D eigenvalue weighted by atomic mass is 10.1. The number of amides is 1. The highest BCUT2D eigenvalue weighted by Gasteiger charge is 2.20. The minimum absolute atomic E-state index is 0.0178. The van der Waals surface area contributed by atoms with E-state index in [0.717, 1.165) is 12.0 Å². The molecule has 1 unspecified atom stereocenters. The molecule has 0 spiro atoms. The number of nitrogens with zero attached hydrogens (tertiary/aromatic N) is 1. The van der Waals surface area contributed by atoms with Gasteiger partial charge in [-0.3, -0.25) is 9.59 Å². The summed E-state index contributed by atoms with van der Waals surface area (Å²) in [7, 11) is 0. The Balaban J connectivity index is 1.98. The first kappa shape index (κ1) is 18.7. The molecule has 3 nitrogen and oxygen atoms in total. The van der Waals surface area contributed by atoms with Gasteiger partial charge in [-0.15, -0.1) is 11.3 Å². The minimum atomic E-state index is -0.0240. The maximum atomic E-state index is 12.6. The minimum Gasteiger partial charge on any atom is -0.336 e. The van der Waals surface area contributed by atoms with Gasteiger partial charge in [-0.25, -0.2) is 0 Å². The van der Waals surface area contributed by atoms with Gasteiger partial charge in [-0.2, -0.15) is 0 Å². The summed E-state index contributed by atoms with van der Waals surface area (Å²) in [6, 6.07) is 13.5. The van der Waals surface area contributed by atoms with Crippen LogP contribution in [0.1, 0.15) is 48.3 Å². The van der Waals surface area contributed by atoms with Crippen LogP contribution in [0.2, 0.25) is 4.34 Å². The Labute approximate surface area is 152 Å². The lowest BCUT2D eigenvalue weighted by Crippen LogP contribution is -2.37. The van der Waals surface area contributed by atoms with Gasteiger partial charge in [-0.1, -0.05) is 48.9 Å². The van der Waals surface area contributed by atoms with Crippen LogP contribution in [-0.2, 0) is 11.3 Å². The van der Waals surface area contributed by atoms with Crippen LogP contribution in [0.5, 0.6) is 0 Å². The van der Waals surface area contributed by atoms with Crippen LogP contribution in [0, 0.1) is 0 Å². The van der Waals surface area contributed by atoms with Crippen molar-refractivity contribution in [3.63, 3.8) is 0 Å². The molecule has 128 valence electrons. The predicted molar refractivity (Wildman–Crippen MR) is 99.6 cm³/mol. The molecule has 5 heteroatoms. The molecule has 0 saturated carbocycles. The van der Waals surface area contributed by atoms with E-state index in [2.05, 4.69) is 6.92 Å². The molecule has 0 saturated heterocycles. The smallest absolute Gasteiger partial charge is 0.223 e. The Morgan fingerprint density at radius 3 is 2.42 bits per heavy atom. The third-order valence-corrected chi connectivity index (χ3v) is 5.33. The van der Waals surface area contributed by atoms with Crippen LogP contribution in [0.4, 0.5) is 0 Å². The van der Waals surface area contributed by atoms with Crippen LogP contribution >= 0.6 is 22.9 Å². The van der Waals surface area contributed by atoms with Crippen molar-refractivity contribution in [2.24, 2.45) is 0 Å². The number of carbonyl (C=O) groups excluding carboxylic acids is 2. The highest BCUT2D eigenvalue weighted by molar-refractivity contribution is 7.18. The Hall–Kier alpha value is -1.65. The molecular formula is C19H22ClNO2S. The topological polar surface area (TPSA) is 37.4 Å². The maximum Gasteiger partial charge on any atom is 0.223 e. The average molecular weight is 364 g/mol. The molecule has 0 aliphatic carbocycles. The van der Waals surface area contributed by atoms with Gasteiger partial charge < -0.3 is 4.90 Å². The zero-order valence-corrected chi connectivity index (χ0v) is 15.6. The molecule has 2 aromatic rings. The van der Waals surface area contributed by atoms with Gasteiger partial charge in [0.1, 0.15) is 0 Å². The van der Waals surface area contributed by atoms with E-state index in [1.54, 1.807) is 12.1 Å². The molecular weight excluding hydrogens is 342 g/mol. The second kappa shape index (κ2) is 9.00. The Morgan fingerprint density at radius 2 is 1.83 bits per heavy atom. The number of carbonyl (C=O) groups is 2. The molecule has 1 amide bonds. The van der Waals surface area contributed by atoms with Crippen molar-refractivity contribution in [2.45, 2.75) is 45.7 Å². The van der Waals surface area contributed by atoms with E-state index < -0.39 is 0 Å². The summed E-state index contributed by atoms with van der Waals surface area (Å²) in [4.78, 5) is 27.3. The van der Waals surface area contributed by atoms with Gasteiger partial charge in [0.15, 0.2) is 5.78 Å². The molecule has 0 bridgehead atoms. The Morgan fingerprint density at radius 1 is 1.12 bits per heavy atom. The van der Waals surface area contributed by atoms with E-state index in [1.165, 1.54) is 11.3 Å². The first-order valence-electron chi connectivity index (χ1n) is 8.13. The van der Waals surface area contributed by atoms with Gasteiger partial charge in [-0.05, 0) is 31.0 Å². The number of rotatable bonds is 8. The van der Waals surface area contributed by atoms with E-state index in [-0.39, 0.29) is 30.6 Å². The zero-order chi connectivity index (χ0) is 17.5. The van der Waals surface area contributed by atoms with Gasteiger partial charge in [0.25, 0.3) is 0 Å². The van der Waals surface area contributed by atoms with Gasteiger partial charge >= 0.3 is 0 Å². The molecule has 2 rings (SSSR count). The van der Waals surface area contributed by atoms with Crippen molar-refractivity contribution in [3.8, 4) is 0 Å². The van der Waals surface area contributed by atoms with Crippen molar-refractivity contribution in [3.05, 3.63) is 57.2 Å². The van der Waals surface area contributed by atoms with Crippen molar-refractivity contribution in [2.75, 3.05) is 0 Å². The van der Waals surface area contributed by atoms with E-state index in [1.807, 2.05) is 42.2 Å². The van der Waals surface area contributed by atoms with Crippen LogP contribution in [0.15, 0.2) is 42.5 Å². The number of hydrogen-bond donors (Lipinski definition) is 0. The molecule has 1 heterocycles. The fraction of sp³-hybridized carbons (Fsp3) is 0.368. The zero-order valence-electron chi connectivity index (χ0n) is 14.0. The number of Topliss-reactive ketones (excluding diaryl/α,β-unsaturated/α-hetero) is 1. The summed E-state index contributed by atoms with van der Waals surface area (Å²) in [6.45, 7) is 4.68. The normalized spacial score (nSPS) is 12.0. The standard InChI is InChI=1S/C19H22ClNO2S/c1-3-14(2)21(13-15-7-5-4-6-8-15)19(23)12-9-16(22)17-10-11-18(20)24-17/h4-8,10-11,14H,3,9,12-13H2,1-2H3. The number of hydrogen-bond acceptors (Lipinski definition) is 3. The van der Waals surface area contributed by atoms with Gasteiger partial charge in [0.2, 0.25) is 5.91 Å². The molecule has 1 atom stereocenters. The maximum absolute atomic E-state index is 12.6. The number of benzene rings is 1. The summed E-state index contributed by atoms with van der Waals surface area (Å²) in [5.41, 5.74) is 1.10. The molecule has 1 aromatic heterocycles. The highest BCUT2D eigenvalue weighted by Crippen LogP contribution is 2.23. The summed E-state index contributed by atoms with van der Waals surface area (Å²) in [5, 5.41) is 0. The molecule has 0 fully saturated rings. The van der Waals surface area contributed by atoms with Crippen molar-refractivity contribution < 1.29 is 9.59 Å². The fourth-order valence-corrected chi connectivity index (χ4v) is 3.45. The van der Waals surface area contributed by atoms with Crippen LogP contribution in [0.25, 0.3) is 0 Å². The fourth-order valence-electron chi connectivity index (χ4n) is 2.44. The van der Waals surface area contributed by atoms with E-state index in [9.17, 15) is 9.59 Å². The average Bonchev–Trinajstić information content (AvgIpc) is 3.04. The summed E-state index contributed by atoms with van der Waals surface area (Å²) < 4.78 is 0.593. The van der Waals surface area contributed by atoms with Crippen molar-refractivity contribution >= 4 is 34.6 Å². The number of halogens is 1. The quantitative estimate of drug-likeness (QED) is 0.605. The van der Waals surface area contributed by atoms with E-state index in [0.29, 0.717) is 15.8 Å².